The van der Waals surface area contributed by atoms with Gasteiger partial charge in [-0.15, -0.1) is 0 Å². The Balaban J connectivity index is 1.64. The fourth-order valence-electron chi connectivity index (χ4n) is 3.17. The van der Waals surface area contributed by atoms with Gasteiger partial charge >= 0.3 is 0 Å². The van der Waals surface area contributed by atoms with Crippen molar-refractivity contribution in [3.8, 4) is 17.2 Å². The monoisotopic (exact) mass is 414 g/mol. The lowest BCUT2D eigenvalue weighted by atomic mass is 10.2. The van der Waals surface area contributed by atoms with E-state index in [1.165, 1.54) is 12.8 Å². The third kappa shape index (κ3) is 5.60. The Morgan fingerprint density at radius 3 is 2.62 bits per heavy atom. The Bertz CT molecular complexity index is 866. The fourth-order valence-corrected chi connectivity index (χ4v) is 3.48. The number of nitrogens with one attached hydrogen (secondary N) is 1. The van der Waals surface area contributed by atoms with E-state index in [4.69, 9.17) is 26.4 Å². The van der Waals surface area contributed by atoms with Gasteiger partial charge in [-0.3, -0.25) is 4.79 Å². The van der Waals surface area contributed by atoms with Crippen LogP contribution in [0.25, 0.3) is 0 Å². The minimum atomic E-state index is -0.266. The molecule has 1 heterocycles. The zero-order chi connectivity index (χ0) is 20.6. The van der Waals surface area contributed by atoms with Gasteiger partial charge in [0.2, 0.25) is 0 Å². The van der Waals surface area contributed by atoms with Crippen molar-refractivity contribution in [3.05, 3.63) is 48.0 Å². The summed E-state index contributed by atoms with van der Waals surface area (Å²) in [5.74, 6) is 1.51. The number of benzene rings is 2. The summed E-state index contributed by atoms with van der Waals surface area (Å²) in [6.07, 6.45) is 2.34. The molecule has 29 heavy (non-hydrogen) atoms. The number of carbonyl (C=O) groups is 1. The first kappa shape index (κ1) is 20.9. The molecule has 0 aliphatic carbocycles. The molecule has 0 radical (unpaired) electrons. The minimum Gasteiger partial charge on any atom is -0.497 e. The van der Waals surface area contributed by atoms with E-state index in [1.54, 1.807) is 19.2 Å². The highest BCUT2D eigenvalue weighted by atomic mass is 32.1. The maximum Gasteiger partial charge on any atom is 0.262 e. The van der Waals surface area contributed by atoms with Crippen LogP contribution < -0.4 is 19.5 Å². The second-order valence-electron chi connectivity index (χ2n) is 6.66. The van der Waals surface area contributed by atoms with Crippen molar-refractivity contribution in [1.29, 1.82) is 0 Å². The Kier molecular flexibility index (Phi) is 7.30. The average Bonchev–Trinajstić information content (AvgIpc) is 3.27. The third-order valence-corrected chi connectivity index (χ3v) is 5.09. The Morgan fingerprint density at radius 1 is 1.10 bits per heavy atom. The van der Waals surface area contributed by atoms with Crippen molar-refractivity contribution >= 4 is 28.8 Å². The Hall–Kier alpha value is -2.80. The SMILES string of the molecule is CCOc1cc(C(=S)N2CCCC2)ccc1OCC(=O)Nc1cccc(OC)c1. The second kappa shape index (κ2) is 10.1. The molecule has 1 aliphatic heterocycles. The van der Waals surface area contributed by atoms with Crippen LogP contribution in [0.2, 0.25) is 0 Å². The number of anilines is 1. The summed E-state index contributed by atoms with van der Waals surface area (Å²) in [6.45, 7) is 4.25. The van der Waals surface area contributed by atoms with E-state index in [9.17, 15) is 4.79 Å². The van der Waals surface area contributed by atoms with Gasteiger partial charge in [0.25, 0.3) is 5.91 Å². The molecule has 1 saturated heterocycles. The number of amides is 1. The van der Waals surface area contributed by atoms with Gasteiger partial charge in [0.05, 0.1) is 13.7 Å². The first-order valence-electron chi connectivity index (χ1n) is 9.73. The van der Waals surface area contributed by atoms with Gasteiger partial charge in [-0.1, -0.05) is 18.3 Å². The molecular weight excluding hydrogens is 388 g/mol. The van der Waals surface area contributed by atoms with Crippen LogP contribution in [0.15, 0.2) is 42.5 Å². The summed E-state index contributed by atoms with van der Waals surface area (Å²) in [4.78, 5) is 15.3. The van der Waals surface area contributed by atoms with E-state index < -0.39 is 0 Å². The summed E-state index contributed by atoms with van der Waals surface area (Å²) in [6, 6.07) is 12.8. The van der Waals surface area contributed by atoms with Crippen molar-refractivity contribution in [2.24, 2.45) is 0 Å². The van der Waals surface area contributed by atoms with Crippen LogP contribution in [0, 0.1) is 0 Å². The van der Waals surface area contributed by atoms with Crippen LogP contribution in [0.5, 0.6) is 17.2 Å². The fraction of sp³-hybridized carbons (Fsp3) is 0.364. The topological polar surface area (TPSA) is 60.0 Å². The lowest BCUT2D eigenvalue weighted by molar-refractivity contribution is -0.118. The summed E-state index contributed by atoms with van der Waals surface area (Å²) >= 11 is 5.62. The molecule has 2 aromatic rings. The molecule has 154 valence electrons. The number of hydrogen-bond donors (Lipinski definition) is 1. The summed E-state index contributed by atoms with van der Waals surface area (Å²) in [5, 5.41) is 2.79. The molecule has 0 bridgehead atoms. The molecular formula is C22H26N2O4S. The van der Waals surface area contributed by atoms with E-state index >= 15 is 0 Å². The largest absolute Gasteiger partial charge is 0.497 e. The molecule has 0 aromatic heterocycles. The molecule has 1 amide bonds. The molecule has 0 atom stereocenters. The maximum atomic E-state index is 12.3. The zero-order valence-electron chi connectivity index (χ0n) is 16.8. The number of hydrogen-bond acceptors (Lipinski definition) is 5. The average molecular weight is 415 g/mol. The van der Waals surface area contributed by atoms with E-state index in [-0.39, 0.29) is 12.5 Å². The van der Waals surface area contributed by atoms with Gasteiger partial charge in [-0.2, -0.15) is 0 Å². The van der Waals surface area contributed by atoms with Crippen LogP contribution in [0.1, 0.15) is 25.3 Å². The van der Waals surface area contributed by atoms with Crippen molar-refractivity contribution in [3.63, 3.8) is 0 Å². The number of nitrogens with zero attached hydrogens (tertiary/aromatic N) is 1. The van der Waals surface area contributed by atoms with E-state index in [1.807, 2.05) is 37.3 Å². The number of likely N-dealkylation sites (tertiary alicyclic amines) is 1. The Morgan fingerprint density at radius 2 is 1.90 bits per heavy atom. The van der Waals surface area contributed by atoms with Crippen molar-refractivity contribution in [2.75, 3.05) is 38.7 Å². The predicted molar refractivity (Wildman–Crippen MR) is 117 cm³/mol. The van der Waals surface area contributed by atoms with E-state index in [0.29, 0.717) is 29.5 Å². The van der Waals surface area contributed by atoms with Crippen molar-refractivity contribution < 1.29 is 19.0 Å². The highest BCUT2D eigenvalue weighted by Crippen LogP contribution is 2.30. The van der Waals surface area contributed by atoms with Gasteiger partial charge in [0, 0.05) is 30.4 Å². The van der Waals surface area contributed by atoms with Gasteiger partial charge in [0.15, 0.2) is 18.1 Å². The van der Waals surface area contributed by atoms with Gasteiger partial charge in [-0.25, -0.2) is 0 Å². The highest BCUT2D eigenvalue weighted by molar-refractivity contribution is 7.80. The standard InChI is InChI=1S/C22H26N2O4S/c1-3-27-20-13-16(22(29)24-11-4-5-12-24)9-10-19(20)28-15-21(25)23-17-7-6-8-18(14-17)26-2/h6-10,13-14H,3-5,11-12,15H2,1-2H3,(H,23,25). The van der Waals surface area contributed by atoms with Crippen LogP contribution in [0.3, 0.4) is 0 Å². The quantitative estimate of drug-likeness (QED) is 0.662. The number of methoxy groups -OCH3 is 1. The summed E-state index contributed by atoms with van der Waals surface area (Å²) < 4.78 is 16.6. The normalized spacial score (nSPS) is 13.1. The van der Waals surface area contributed by atoms with Gasteiger partial charge < -0.3 is 24.4 Å². The van der Waals surface area contributed by atoms with Crippen LogP contribution >= 0.6 is 12.2 Å². The lowest BCUT2D eigenvalue weighted by Crippen LogP contribution is -2.26. The minimum absolute atomic E-state index is 0.132. The second-order valence-corrected chi connectivity index (χ2v) is 7.05. The molecule has 7 heteroatoms. The van der Waals surface area contributed by atoms with E-state index in [0.717, 1.165) is 23.6 Å². The first-order chi connectivity index (χ1) is 14.1. The van der Waals surface area contributed by atoms with Gasteiger partial charge in [0.1, 0.15) is 10.7 Å². The molecule has 0 saturated carbocycles. The zero-order valence-corrected chi connectivity index (χ0v) is 17.6. The number of rotatable bonds is 8. The maximum absolute atomic E-state index is 12.3. The van der Waals surface area contributed by atoms with Crippen LogP contribution in [0.4, 0.5) is 5.69 Å². The predicted octanol–water partition coefficient (Wildman–Crippen LogP) is 3.88. The lowest BCUT2D eigenvalue weighted by Gasteiger charge is -2.20. The molecule has 1 N–H and O–H groups in total. The number of carbonyl (C=O) groups excluding carboxylic acids is 1. The number of ether oxygens (including phenoxy) is 3. The number of thiocarbonyl (C=S) groups is 1. The van der Waals surface area contributed by atoms with Crippen molar-refractivity contribution in [2.45, 2.75) is 19.8 Å². The molecule has 2 aromatic carbocycles. The summed E-state index contributed by atoms with van der Waals surface area (Å²) in [5.41, 5.74) is 1.58. The molecule has 1 aliphatic rings. The van der Waals surface area contributed by atoms with Crippen molar-refractivity contribution in [1.82, 2.24) is 4.90 Å². The van der Waals surface area contributed by atoms with Gasteiger partial charge in [-0.05, 0) is 50.1 Å². The molecule has 0 spiro atoms. The first-order valence-corrected chi connectivity index (χ1v) is 10.1. The Labute approximate surface area is 176 Å². The third-order valence-electron chi connectivity index (χ3n) is 4.60. The molecule has 6 nitrogen and oxygen atoms in total. The van der Waals surface area contributed by atoms with Crippen LogP contribution in [-0.2, 0) is 4.79 Å². The van der Waals surface area contributed by atoms with E-state index in [2.05, 4.69) is 10.2 Å². The molecule has 1 fully saturated rings. The summed E-state index contributed by atoms with van der Waals surface area (Å²) in [7, 11) is 1.58. The van der Waals surface area contributed by atoms with Crippen LogP contribution in [-0.4, -0.2) is 49.2 Å². The smallest absolute Gasteiger partial charge is 0.262 e. The molecule has 3 rings (SSSR count). The molecule has 0 unspecified atom stereocenters. The highest BCUT2D eigenvalue weighted by Gasteiger charge is 2.18.